The van der Waals surface area contributed by atoms with Crippen LogP contribution in [-0.2, 0) is 9.47 Å². The van der Waals surface area contributed by atoms with E-state index in [0.29, 0.717) is 26.3 Å². The lowest BCUT2D eigenvalue weighted by Gasteiger charge is -2.47. The maximum absolute atomic E-state index is 13.2. The zero-order valence-electron chi connectivity index (χ0n) is 13.0. The van der Waals surface area contributed by atoms with Gasteiger partial charge in [-0.3, -0.25) is 0 Å². The smallest absolute Gasteiger partial charge is 0.322 e. The van der Waals surface area contributed by atoms with Crippen LogP contribution in [0, 0.1) is 11.6 Å². The van der Waals surface area contributed by atoms with Crippen LogP contribution in [0.25, 0.3) is 0 Å². The van der Waals surface area contributed by atoms with Crippen LogP contribution in [-0.4, -0.2) is 48.9 Å². The maximum Gasteiger partial charge on any atom is 0.322 e. The summed E-state index contributed by atoms with van der Waals surface area (Å²) in [6.45, 7) is 3.88. The Morgan fingerprint density at radius 1 is 1.35 bits per heavy atom. The van der Waals surface area contributed by atoms with Crippen LogP contribution in [0.2, 0.25) is 0 Å². The Kier molecular flexibility index (Phi) is 4.50. The van der Waals surface area contributed by atoms with E-state index in [4.69, 9.17) is 9.47 Å². The van der Waals surface area contributed by atoms with E-state index in [2.05, 4.69) is 5.32 Å². The molecule has 1 aromatic rings. The molecule has 23 heavy (non-hydrogen) atoms. The molecule has 3 rings (SSSR count). The van der Waals surface area contributed by atoms with Gasteiger partial charge in [-0.05, 0) is 31.9 Å². The number of nitrogens with one attached hydrogen (secondary N) is 1. The molecular weight excluding hydrogens is 306 g/mol. The van der Waals surface area contributed by atoms with Gasteiger partial charge in [-0.15, -0.1) is 0 Å². The molecule has 1 spiro atoms. The molecule has 126 valence electrons. The van der Waals surface area contributed by atoms with Crippen LogP contribution in [0.1, 0.15) is 19.8 Å². The van der Waals surface area contributed by atoms with Gasteiger partial charge in [0.2, 0.25) is 0 Å². The SMILES string of the molecule is C[C@@H]1CN(C(=O)Nc2cc(F)cc(F)c2)C[C@]2(CCCOC2)O1. The number of anilines is 1. The molecule has 0 bridgehead atoms. The zero-order valence-corrected chi connectivity index (χ0v) is 13.0. The lowest BCUT2D eigenvalue weighted by molar-refractivity contribution is -0.187. The molecule has 1 aromatic carbocycles. The Morgan fingerprint density at radius 3 is 2.74 bits per heavy atom. The van der Waals surface area contributed by atoms with Gasteiger partial charge in [0.25, 0.3) is 0 Å². The highest BCUT2D eigenvalue weighted by Crippen LogP contribution is 2.30. The van der Waals surface area contributed by atoms with Crippen LogP contribution in [0.4, 0.5) is 19.3 Å². The van der Waals surface area contributed by atoms with Gasteiger partial charge in [-0.1, -0.05) is 0 Å². The summed E-state index contributed by atoms with van der Waals surface area (Å²) in [6.07, 6.45) is 1.59. The number of halogens is 2. The highest BCUT2D eigenvalue weighted by Gasteiger charge is 2.42. The molecule has 0 radical (unpaired) electrons. The Labute approximate surface area is 133 Å². The molecule has 0 saturated carbocycles. The summed E-state index contributed by atoms with van der Waals surface area (Å²) < 4.78 is 38.0. The topological polar surface area (TPSA) is 50.8 Å². The van der Waals surface area contributed by atoms with Crippen molar-refractivity contribution >= 4 is 11.7 Å². The van der Waals surface area contributed by atoms with Gasteiger partial charge in [-0.2, -0.15) is 0 Å². The minimum absolute atomic E-state index is 0.0978. The van der Waals surface area contributed by atoms with Crippen LogP contribution >= 0.6 is 0 Å². The fourth-order valence-electron chi connectivity index (χ4n) is 3.25. The number of nitrogens with zero attached hydrogens (tertiary/aromatic N) is 1. The minimum Gasteiger partial charge on any atom is -0.378 e. The minimum atomic E-state index is -0.729. The molecule has 2 atom stereocenters. The number of ether oxygens (including phenoxy) is 2. The van der Waals surface area contributed by atoms with Crippen LogP contribution < -0.4 is 5.32 Å². The normalized spacial score (nSPS) is 28.0. The van der Waals surface area contributed by atoms with Gasteiger partial charge in [0.05, 0.1) is 19.3 Å². The van der Waals surface area contributed by atoms with Crippen molar-refractivity contribution in [1.82, 2.24) is 4.90 Å². The van der Waals surface area contributed by atoms with Crippen molar-refractivity contribution in [3.05, 3.63) is 29.8 Å². The van der Waals surface area contributed by atoms with Crippen molar-refractivity contribution in [2.24, 2.45) is 0 Å². The van der Waals surface area contributed by atoms with Crippen LogP contribution in [0.5, 0.6) is 0 Å². The van der Waals surface area contributed by atoms with Gasteiger partial charge in [-0.25, -0.2) is 13.6 Å². The average molecular weight is 326 g/mol. The summed E-state index contributed by atoms with van der Waals surface area (Å²) >= 11 is 0. The average Bonchev–Trinajstić information content (AvgIpc) is 2.46. The second-order valence-electron chi connectivity index (χ2n) is 6.24. The number of hydrogen-bond acceptors (Lipinski definition) is 3. The second kappa shape index (κ2) is 6.41. The molecule has 2 fully saturated rings. The van der Waals surface area contributed by atoms with E-state index >= 15 is 0 Å². The summed E-state index contributed by atoms with van der Waals surface area (Å²) in [5, 5.41) is 2.55. The van der Waals surface area contributed by atoms with Gasteiger partial charge < -0.3 is 19.7 Å². The van der Waals surface area contributed by atoms with Crippen molar-refractivity contribution in [2.45, 2.75) is 31.5 Å². The molecule has 0 aliphatic carbocycles. The third-order valence-corrected chi connectivity index (χ3v) is 4.09. The Balaban J connectivity index is 1.70. The molecule has 2 heterocycles. The number of amides is 2. The number of benzene rings is 1. The van der Waals surface area contributed by atoms with Crippen molar-refractivity contribution in [3.8, 4) is 0 Å². The summed E-state index contributed by atoms with van der Waals surface area (Å²) in [7, 11) is 0. The Hall–Kier alpha value is -1.73. The van der Waals surface area contributed by atoms with Crippen LogP contribution in [0.15, 0.2) is 18.2 Å². The molecule has 2 aliphatic heterocycles. The first-order chi connectivity index (χ1) is 11.0. The molecule has 1 N–H and O–H groups in total. The number of urea groups is 1. The van der Waals surface area contributed by atoms with E-state index in [1.54, 1.807) is 4.90 Å². The predicted octanol–water partition coefficient (Wildman–Crippen LogP) is 2.77. The molecule has 2 aliphatic rings. The molecule has 7 heteroatoms. The fraction of sp³-hybridized carbons (Fsp3) is 0.562. The number of carbonyl (C=O) groups is 1. The summed E-state index contributed by atoms with van der Waals surface area (Å²) in [4.78, 5) is 14.1. The third-order valence-electron chi connectivity index (χ3n) is 4.09. The fourth-order valence-corrected chi connectivity index (χ4v) is 3.25. The monoisotopic (exact) mass is 326 g/mol. The Morgan fingerprint density at radius 2 is 2.09 bits per heavy atom. The van der Waals surface area contributed by atoms with Crippen molar-refractivity contribution in [3.63, 3.8) is 0 Å². The number of morpholine rings is 1. The van der Waals surface area contributed by atoms with E-state index in [9.17, 15) is 13.6 Å². The summed E-state index contributed by atoms with van der Waals surface area (Å²) in [6, 6.07) is 2.55. The van der Waals surface area contributed by atoms with Crippen molar-refractivity contribution in [2.75, 3.05) is 31.6 Å². The van der Waals surface area contributed by atoms with Gasteiger partial charge in [0.15, 0.2) is 0 Å². The zero-order chi connectivity index (χ0) is 16.4. The summed E-state index contributed by atoms with van der Waals surface area (Å²) in [5.41, 5.74) is -0.388. The van der Waals surface area contributed by atoms with E-state index < -0.39 is 23.3 Å². The lowest BCUT2D eigenvalue weighted by Crippen LogP contribution is -2.60. The largest absolute Gasteiger partial charge is 0.378 e. The maximum atomic E-state index is 13.2. The molecule has 0 aromatic heterocycles. The highest BCUT2D eigenvalue weighted by atomic mass is 19.1. The van der Waals surface area contributed by atoms with Gasteiger partial charge in [0.1, 0.15) is 17.2 Å². The van der Waals surface area contributed by atoms with Crippen molar-refractivity contribution < 1.29 is 23.0 Å². The molecule has 2 saturated heterocycles. The molecular formula is C16H20F2N2O3. The van der Waals surface area contributed by atoms with Crippen LogP contribution in [0.3, 0.4) is 0 Å². The van der Waals surface area contributed by atoms with E-state index in [1.165, 1.54) is 0 Å². The van der Waals surface area contributed by atoms with Gasteiger partial charge in [0, 0.05) is 24.9 Å². The summed E-state index contributed by atoms with van der Waals surface area (Å²) in [5.74, 6) is -1.46. The van der Waals surface area contributed by atoms with E-state index in [1.807, 2.05) is 6.92 Å². The number of hydrogen-bond donors (Lipinski definition) is 1. The Bertz CT molecular complexity index is 570. The van der Waals surface area contributed by atoms with Crippen molar-refractivity contribution in [1.29, 1.82) is 0 Å². The third kappa shape index (κ3) is 3.79. The second-order valence-corrected chi connectivity index (χ2v) is 6.24. The first-order valence-electron chi connectivity index (χ1n) is 7.73. The number of rotatable bonds is 1. The molecule has 0 unspecified atom stereocenters. The standard InChI is InChI=1S/C16H20F2N2O3/c1-11-8-20(9-16(23-11)3-2-4-22-10-16)15(21)19-14-6-12(17)5-13(18)7-14/h5-7,11H,2-4,8-10H2,1H3,(H,19,21)/t11-,16+/m1/s1. The lowest BCUT2D eigenvalue weighted by atomic mass is 9.93. The number of carbonyl (C=O) groups excluding carboxylic acids is 1. The highest BCUT2D eigenvalue weighted by molar-refractivity contribution is 5.89. The van der Waals surface area contributed by atoms with E-state index in [-0.39, 0.29) is 11.8 Å². The van der Waals surface area contributed by atoms with E-state index in [0.717, 1.165) is 31.0 Å². The molecule has 2 amide bonds. The van der Waals surface area contributed by atoms with Gasteiger partial charge >= 0.3 is 6.03 Å². The quantitative estimate of drug-likeness (QED) is 0.863. The predicted molar refractivity (Wildman–Crippen MR) is 80.3 cm³/mol. The molecule has 5 nitrogen and oxygen atoms in total. The first-order valence-corrected chi connectivity index (χ1v) is 7.73. The first kappa shape index (κ1) is 16.1.